The zero-order chi connectivity index (χ0) is 15.9. The van der Waals surface area contributed by atoms with Gasteiger partial charge in [0.05, 0.1) is 18.9 Å². The van der Waals surface area contributed by atoms with Gasteiger partial charge in [0.2, 0.25) is 0 Å². The Morgan fingerprint density at radius 3 is 2.50 bits per heavy atom. The second-order valence-corrected chi connectivity index (χ2v) is 5.85. The highest BCUT2D eigenvalue weighted by Gasteiger charge is 2.03. The van der Waals surface area contributed by atoms with Crippen LogP contribution in [0.3, 0.4) is 0 Å². The molecule has 5 heteroatoms. The summed E-state index contributed by atoms with van der Waals surface area (Å²) in [6, 6.07) is 13.2. The van der Waals surface area contributed by atoms with E-state index in [0.29, 0.717) is 16.6 Å². The minimum Gasteiger partial charge on any atom is -0.491 e. The van der Waals surface area contributed by atoms with E-state index in [4.69, 9.17) is 27.9 Å². The van der Waals surface area contributed by atoms with Crippen LogP contribution in [0.25, 0.3) is 0 Å². The molecule has 0 heterocycles. The van der Waals surface area contributed by atoms with Crippen LogP contribution >= 0.6 is 23.2 Å². The fourth-order valence-corrected chi connectivity index (χ4v) is 2.42. The standard InChI is InChI=1S/C17H18Cl2N2O/c1-12(2)22-14-6-3-5-13(9-14)10-20-21-11-15-16(18)7-4-8-17(15)19/h3-10,12,21H,11H2,1-2H3/b20-10-. The molecule has 1 N–H and O–H groups in total. The minimum absolute atomic E-state index is 0.146. The summed E-state index contributed by atoms with van der Waals surface area (Å²) in [5.74, 6) is 0.827. The Labute approximate surface area is 140 Å². The molecule has 2 aromatic rings. The third kappa shape index (κ3) is 4.93. The lowest BCUT2D eigenvalue weighted by Gasteiger charge is -2.09. The van der Waals surface area contributed by atoms with Gasteiger partial charge in [0.25, 0.3) is 0 Å². The number of hydrazone groups is 1. The summed E-state index contributed by atoms with van der Waals surface area (Å²) in [4.78, 5) is 0. The molecule has 116 valence electrons. The Bertz CT molecular complexity index is 637. The largest absolute Gasteiger partial charge is 0.491 e. The smallest absolute Gasteiger partial charge is 0.120 e. The highest BCUT2D eigenvalue weighted by molar-refractivity contribution is 6.35. The Morgan fingerprint density at radius 1 is 1.14 bits per heavy atom. The molecule has 0 atom stereocenters. The van der Waals surface area contributed by atoms with E-state index in [9.17, 15) is 0 Å². The van der Waals surface area contributed by atoms with Gasteiger partial charge in [-0.25, -0.2) is 0 Å². The average Bonchev–Trinajstić information content (AvgIpc) is 2.45. The van der Waals surface area contributed by atoms with E-state index >= 15 is 0 Å². The second-order valence-electron chi connectivity index (χ2n) is 5.03. The van der Waals surface area contributed by atoms with Crippen LogP contribution in [0.15, 0.2) is 47.6 Å². The molecule has 0 bridgehead atoms. The first-order valence-corrected chi connectivity index (χ1v) is 7.77. The van der Waals surface area contributed by atoms with Crippen molar-refractivity contribution in [1.29, 1.82) is 0 Å². The summed E-state index contributed by atoms with van der Waals surface area (Å²) >= 11 is 12.2. The molecule has 2 aromatic carbocycles. The van der Waals surface area contributed by atoms with Crippen molar-refractivity contribution >= 4 is 29.4 Å². The van der Waals surface area contributed by atoms with Gasteiger partial charge in [0.1, 0.15) is 5.75 Å². The lowest BCUT2D eigenvalue weighted by Crippen LogP contribution is -2.07. The van der Waals surface area contributed by atoms with Crippen LogP contribution in [-0.2, 0) is 6.54 Å². The van der Waals surface area contributed by atoms with E-state index in [1.807, 2.05) is 44.2 Å². The number of nitrogens with zero attached hydrogens (tertiary/aromatic N) is 1. The summed E-state index contributed by atoms with van der Waals surface area (Å²) < 4.78 is 5.64. The molecule has 0 aliphatic carbocycles. The van der Waals surface area contributed by atoms with Gasteiger partial charge in [-0.2, -0.15) is 5.10 Å². The summed E-state index contributed by atoms with van der Waals surface area (Å²) in [6.45, 7) is 4.46. The van der Waals surface area contributed by atoms with Crippen molar-refractivity contribution in [3.8, 4) is 5.75 Å². The molecule has 0 aromatic heterocycles. The first kappa shape index (κ1) is 16.7. The number of hydrogen-bond donors (Lipinski definition) is 1. The predicted molar refractivity (Wildman–Crippen MR) is 93.1 cm³/mol. The topological polar surface area (TPSA) is 33.6 Å². The van der Waals surface area contributed by atoms with E-state index in [0.717, 1.165) is 16.9 Å². The minimum atomic E-state index is 0.146. The predicted octanol–water partition coefficient (Wildman–Crippen LogP) is 4.90. The Kier molecular flexibility index (Phi) is 6.10. The summed E-state index contributed by atoms with van der Waals surface area (Å²) in [5.41, 5.74) is 4.74. The normalized spacial score (nSPS) is 11.1. The molecular formula is C17H18Cl2N2O. The number of benzene rings is 2. The van der Waals surface area contributed by atoms with Crippen molar-refractivity contribution in [1.82, 2.24) is 5.43 Å². The van der Waals surface area contributed by atoms with Crippen LogP contribution in [0.4, 0.5) is 0 Å². The lowest BCUT2D eigenvalue weighted by molar-refractivity contribution is 0.242. The molecule has 0 amide bonds. The second kappa shape index (κ2) is 8.06. The van der Waals surface area contributed by atoms with Gasteiger partial charge in [-0.3, -0.25) is 0 Å². The summed E-state index contributed by atoms with van der Waals surface area (Å²) in [5, 5.41) is 5.45. The molecule has 0 fully saturated rings. The van der Waals surface area contributed by atoms with Crippen molar-refractivity contribution < 1.29 is 4.74 Å². The van der Waals surface area contributed by atoms with Crippen molar-refractivity contribution in [2.75, 3.05) is 0 Å². The van der Waals surface area contributed by atoms with Gasteiger partial charge in [-0.1, -0.05) is 41.4 Å². The van der Waals surface area contributed by atoms with Gasteiger partial charge in [-0.05, 0) is 43.7 Å². The van der Waals surface area contributed by atoms with E-state index in [2.05, 4.69) is 10.5 Å². The first-order chi connectivity index (χ1) is 10.6. The quantitative estimate of drug-likeness (QED) is 0.601. The van der Waals surface area contributed by atoms with E-state index < -0.39 is 0 Å². The molecule has 2 rings (SSSR count). The number of nitrogens with one attached hydrogen (secondary N) is 1. The van der Waals surface area contributed by atoms with Crippen LogP contribution in [0.2, 0.25) is 10.0 Å². The molecular weight excluding hydrogens is 319 g/mol. The third-order valence-electron chi connectivity index (χ3n) is 2.85. The molecule has 0 aliphatic rings. The maximum absolute atomic E-state index is 6.10. The van der Waals surface area contributed by atoms with Gasteiger partial charge < -0.3 is 10.2 Å². The van der Waals surface area contributed by atoms with Crippen LogP contribution in [0, 0.1) is 0 Å². The van der Waals surface area contributed by atoms with E-state index in [-0.39, 0.29) is 6.10 Å². The number of halogens is 2. The summed E-state index contributed by atoms with van der Waals surface area (Å²) in [6.07, 6.45) is 1.88. The summed E-state index contributed by atoms with van der Waals surface area (Å²) in [7, 11) is 0. The average molecular weight is 337 g/mol. The molecule has 3 nitrogen and oxygen atoms in total. The van der Waals surface area contributed by atoms with Crippen LogP contribution in [-0.4, -0.2) is 12.3 Å². The van der Waals surface area contributed by atoms with E-state index in [1.54, 1.807) is 18.3 Å². The highest BCUT2D eigenvalue weighted by Crippen LogP contribution is 2.23. The molecule has 0 saturated carbocycles. The SMILES string of the molecule is CC(C)Oc1cccc(/C=N\NCc2c(Cl)cccc2Cl)c1. The van der Waals surface area contributed by atoms with Crippen LogP contribution < -0.4 is 10.2 Å². The Morgan fingerprint density at radius 2 is 1.82 bits per heavy atom. The Hall–Kier alpha value is -1.71. The van der Waals surface area contributed by atoms with Crippen molar-refractivity contribution in [2.24, 2.45) is 5.10 Å². The highest BCUT2D eigenvalue weighted by atomic mass is 35.5. The fourth-order valence-electron chi connectivity index (χ4n) is 1.89. The fraction of sp³-hybridized carbons (Fsp3) is 0.235. The number of rotatable bonds is 6. The van der Waals surface area contributed by atoms with Gasteiger partial charge in [-0.15, -0.1) is 0 Å². The lowest BCUT2D eigenvalue weighted by atomic mass is 10.2. The molecule has 0 aliphatic heterocycles. The van der Waals surface area contributed by atoms with Gasteiger partial charge in [0, 0.05) is 15.6 Å². The van der Waals surface area contributed by atoms with Gasteiger partial charge >= 0.3 is 0 Å². The maximum atomic E-state index is 6.10. The zero-order valence-electron chi connectivity index (χ0n) is 12.5. The third-order valence-corrected chi connectivity index (χ3v) is 3.56. The monoisotopic (exact) mass is 336 g/mol. The number of ether oxygens (including phenoxy) is 1. The molecule has 22 heavy (non-hydrogen) atoms. The molecule has 0 unspecified atom stereocenters. The van der Waals surface area contributed by atoms with Crippen molar-refractivity contribution in [3.63, 3.8) is 0 Å². The van der Waals surface area contributed by atoms with E-state index in [1.165, 1.54) is 0 Å². The van der Waals surface area contributed by atoms with Crippen molar-refractivity contribution in [2.45, 2.75) is 26.5 Å². The van der Waals surface area contributed by atoms with Crippen LogP contribution in [0.5, 0.6) is 5.75 Å². The zero-order valence-corrected chi connectivity index (χ0v) is 14.0. The molecule has 0 spiro atoms. The Balaban J connectivity index is 1.95. The van der Waals surface area contributed by atoms with Gasteiger partial charge in [0.15, 0.2) is 0 Å². The molecule has 0 radical (unpaired) electrons. The maximum Gasteiger partial charge on any atom is 0.120 e. The number of hydrogen-bond acceptors (Lipinski definition) is 3. The first-order valence-electron chi connectivity index (χ1n) is 7.02. The molecule has 0 saturated heterocycles. The van der Waals surface area contributed by atoms with Crippen molar-refractivity contribution in [3.05, 3.63) is 63.6 Å². The van der Waals surface area contributed by atoms with Crippen LogP contribution in [0.1, 0.15) is 25.0 Å².